The summed E-state index contributed by atoms with van der Waals surface area (Å²) in [7, 11) is 3.32. The van der Waals surface area contributed by atoms with Crippen LogP contribution >= 0.6 is 0 Å². The number of methoxy groups -OCH3 is 2. The van der Waals surface area contributed by atoms with Crippen LogP contribution in [0.15, 0.2) is 18.2 Å². The molecule has 16 heavy (non-hydrogen) atoms. The molecule has 1 aliphatic rings. The minimum Gasteiger partial charge on any atom is -0.497 e. The molecule has 1 saturated heterocycles. The Morgan fingerprint density at radius 3 is 2.56 bits per heavy atom. The van der Waals surface area contributed by atoms with E-state index in [0.29, 0.717) is 5.92 Å². The Kier molecular flexibility index (Phi) is 3.31. The van der Waals surface area contributed by atoms with E-state index >= 15 is 0 Å². The Bertz CT molecular complexity index is 364. The molecule has 3 N–H and O–H groups in total. The Hall–Kier alpha value is -1.26. The van der Waals surface area contributed by atoms with Crippen molar-refractivity contribution in [2.24, 2.45) is 11.7 Å². The van der Waals surface area contributed by atoms with Gasteiger partial charge in [-0.15, -0.1) is 0 Å². The van der Waals surface area contributed by atoms with Crippen LogP contribution in [0.25, 0.3) is 0 Å². The molecule has 1 unspecified atom stereocenters. The van der Waals surface area contributed by atoms with Gasteiger partial charge in [-0.25, -0.2) is 0 Å². The van der Waals surface area contributed by atoms with Crippen LogP contribution in [0.2, 0.25) is 0 Å². The average molecular weight is 222 g/mol. The van der Waals surface area contributed by atoms with Gasteiger partial charge in [-0.3, -0.25) is 0 Å². The van der Waals surface area contributed by atoms with Gasteiger partial charge in [0.1, 0.15) is 11.5 Å². The molecule has 0 amide bonds. The van der Waals surface area contributed by atoms with Crippen LogP contribution in [-0.4, -0.2) is 27.3 Å². The molecule has 0 bridgehead atoms. The molecule has 4 heteroatoms. The quantitative estimate of drug-likeness (QED) is 0.795. The van der Waals surface area contributed by atoms with Gasteiger partial charge in [0, 0.05) is 30.6 Å². The Morgan fingerprint density at radius 2 is 2.06 bits per heavy atom. The number of nitrogens with one attached hydrogen (secondary N) is 1. The van der Waals surface area contributed by atoms with Gasteiger partial charge in [0.05, 0.1) is 14.2 Å². The summed E-state index contributed by atoms with van der Waals surface area (Å²) in [6.45, 7) is 1.95. The molecule has 0 spiro atoms. The summed E-state index contributed by atoms with van der Waals surface area (Å²) < 4.78 is 10.5. The third-order valence-corrected chi connectivity index (χ3v) is 3.12. The highest BCUT2D eigenvalue weighted by atomic mass is 16.5. The van der Waals surface area contributed by atoms with Crippen LogP contribution in [0.5, 0.6) is 11.5 Å². The normalized spacial score (nSPS) is 17.7. The molecule has 1 aliphatic heterocycles. The van der Waals surface area contributed by atoms with Crippen molar-refractivity contribution in [2.45, 2.75) is 6.04 Å². The number of hydrogen-bond donors (Lipinski definition) is 2. The maximum atomic E-state index is 6.22. The van der Waals surface area contributed by atoms with E-state index in [2.05, 4.69) is 5.32 Å². The maximum absolute atomic E-state index is 6.22. The van der Waals surface area contributed by atoms with Gasteiger partial charge < -0.3 is 20.5 Å². The Balaban J connectivity index is 2.27. The minimum absolute atomic E-state index is 0.00583. The van der Waals surface area contributed by atoms with Crippen molar-refractivity contribution >= 4 is 0 Å². The molecule has 88 valence electrons. The number of hydrogen-bond acceptors (Lipinski definition) is 4. The lowest BCUT2D eigenvalue weighted by atomic mass is 9.89. The topological polar surface area (TPSA) is 56.5 Å². The van der Waals surface area contributed by atoms with E-state index in [9.17, 15) is 0 Å². The molecular weight excluding hydrogens is 204 g/mol. The summed E-state index contributed by atoms with van der Waals surface area (Å²) in [4.78, 5) is 0. The summed E-state index contributed by atoms with van der Waals surface area (Å²) in [5, 5.41) is 3.23. The first-order valence-corrected chi connectivity index (χ1v) is 5.44. The Labute approximate surface area is 95.7 Å². The van der Waals surface area contributed by atoms with E-state index in [1.165, 1.54) is 0 Å². The minimum atomic E-state index is 0.00583. The monoisotopic (exact) mass is 222 g/mol. The van der Waals surface area contributed by atoms with E-state index in [0.717, 1.165) is 30.2 Å². The fourth-order valence-corrected chi connectivity index (χ4v) is 1.92. The second-order valence-corrected chi connectivity index (χ2v) is 4.05. The van der Waals surface area contributed by atoms with Gasteiger partial charge in [0.2, 0.25) is 0 Å². The highest BCUT2D eigenvalue weighted by molar-refractivity contribution is 5.42. The lowest BCUT2D eigenvalue weighted by Crippen LogP contribution is -2.47. The maximum Gasteiger partial charge on any atom is 0.123 e. The van der Waals surface area contributed by atoms with Crippen molar-refractivity contribution in [3.63, 3.8) is 0 Å². The number of ether oxygens (including phenoxy) is 2. The van der Waals surface area contributed by atoms with Crippen LogP contribution in [0.1, 0.15) is 11.6 Å². The Morgan fingerprint density at radius 1 is 1.31 bits per heavy atom. The summed E-state index contributed by atoms with van der Waals surface area (Å²) >= 11 is 0. The van der Waals surface area contributed by atoms with Crippen molar-refractivity contribution in [2.75, 3.05) is 27.3 Å². The molecule has 0 aromatic heterocycles. The van der Waals surface area contributed by atoms with Crippen molar-refractivity contribution in [1.82, 2.24) is 5.32 Å². The fourth-order valence-electron chi connectivity index (χ4n) is 1.92. The van der Waals surface area contributed by atoms with E-state index in [4.69, 9.17) is 15.2 Å². The molecule has 1 atom stereocenters. The molecular formula is C12H18N2O2. The molecule has 0 radical (unpaired) electrons. The van der Waals surface area contributed by atoms with Crippen molar-refractivity contribution in [1.29, 1.82) is 0 Å². The summed E-state index contributed by atoms with van der Waals surface area (Å²) in [5.74, 6) is 2.14. The zero-order valence-corrected chi connectivity index (χ0v) is 9.69. The van der Waals surface area contributed by atoms with Crippen molar-refractivity contribution < 1.29 is 9.47 Å². The van der Waals surface area contributed by atoms with Gasteiger partial charge in [-0.2, -0.15) is 0 Å². The van der Waals surface area contributed by atoms with Crippen LogP contribution in [0, 0.1) is 5.92 Å². The van der Waals surface area contributed by atoms with E-state index in [-0.39, 0.29) is 6.04 Å². The highest BCUT2D eigenvalue weighted by Gasteiger charge is 2.27. The third-order valence-electron chi connectivity index (χ3n) is 3.12. The SMILES string of the molecule is COc1ccc(OC)c(C(N)C2CNC2)c1. The summed E-state index contributed by atoms with van der Waals surface area (Å²) in [6.07, 6.45) is 0. The molecule has 1 heterocycles. The smallest absolute Gasteiger partial charge is 0.123 e. The third kappa shape index (κ3) is 1.99. The van der Waals surface area contributed by atoms with Gasteiger partial charge in [0.25, 0.3) is 0 Å². The zero-order valence-electron chi connectivity index (χ0n) is 9.69. The fraction of sp³-hybridized carbons (Fsp3) is 0.500. The highest BCUT2D eigenvalue weighted by Crippen LogP contribution is 2.32. The van der Waals surface area contributed by atoms with Crippen LogP contribution < -0.4 is 20.5 Å². The summed E-state index contributed by atoms with van der Waals surface area (Å²) in [5.41, 5.74) is 7.25. The number of benzene rings is 1. The predicted molar refractivity (Wildman–Crippen MR) is 62.8 cm³/mol. The van der Waals surface area contributed by atoms with E-state index < -0.39 is 0 Å². The van der Waals surface area contributed by atoms with Crippen molar-refractivity contribution in [3.05, 3.63) is 23.8 Å². The largest absolute Gasteiger partial charge is 0.497 e. The molecule has 0 saturated carbocycles. The average Bonchev–Trinajstić information content (AvgIpc) is 2.25. The number of nitrogens with two attached hydrogens (primary N) is 1. The molecule has 0 aliphatic carbocycles. The van der Waals surface area contributed by atoms with Crippen molar-refractivity contribution in [3.8, 4) is 11.5 Å². The van der Waals surface area contributed by atoms with Gasteiger partial charge in [-0.05, 0) is 18.2 Å². The first-order chi connectivity index (χ1) is 7.76. The molecule has 1 aromatic carbocycles. The second kappa shape index (κ2) is 4.72. The molecule has 2 rings (SSSR count). The van der Waals surface area contributed by atoms with Crippen LogP contribution in [0.4, 0.5) is 0 Å². The molecule has 4 nitrogen and oxygen atoms in total. The number of rotatable bonds is 4. The van der Waals surface area contributed by atoms with E-state index in [1.54, 1.807) is 14.2 Å². The van der Waals surface area contributed by atoms with E-state index in [1.807, 2.05) is 18.2 Å². The van der Waals surface area contributed by atoms with Crippen LogP contribution in [-0.2, 0) is 0 Å². The lowest BCUT2D eigenvalue weighted by molar-refractivity contribution is 0.287. The van der Waals surface area contributed by atoms with Gasteiger partial charge in [0.15, 0.2) is 0 Å². The lowest BCUT2D eigenvalue weighted by Gasteiger charge is -2.33. The molecule has 1 aromatic rings. The zero-order chi connectivity index (χ0) is 11.5. The first kappa shape index (κ1) is 11.2. The summed E-state index contributed by atoms with van der Waals surface area (Å²) in [6, 6.07) is 5.75. The first-order valence-electron chi connectivity index (χ1n) is 5.44. The second-order valence-electron chi connectivity index (χ2n) is 4.05. The predicted octanol–water partition coefficient (Wildman–Crippen LogP) is 0.923. The molecule has 1 fully saturated rings. The van der Waals surface area contributed by atoms with Gasteiger partial charge >= 0.3 is 0 Å². The standard InChI is InChI=1S/C12H18N2O2/c1-15-9-3-4-11(16-2)10(5-9)12(13)8-6-14-7-8/h3-5,8,12,14H,6-7,13H2,1-2H3. The van der Waals surface area contributed by atoms with Gasteiger partial charge in [-0.1, -0.05) is 0 Å². The van der Waals surface area contributed by atoms with Crippen LogP contribution in [0.3, 0.4) is 0 Å².